The van der Waals surface area contributed by atoms with Crippen molar-refractivity contribution in [2.75, 3.05) is 23.8 Å². The third-order valence-electron chi connectivity index (χ3n) is 2.08. The number of rotatable bonds is 1. The molecule has 0 radical (unpaired) electrons. The Hall–Kier alpha value is -1.78. The number of ether oxygens (including phenoxy) is 1. The molecule has 0 spiro atoms. The van der Waals surface area contributed by atoms with Gasteiger partial charge in [0.15, 0.2) is 18.2 Å². The quantitative estimate of drug-likeness (QED) is 0.701. The lowest BCUT2D eigenvalue weighted by atomic mass is 10.3. The van der Waals surface area contributed by atoms with Crippen molar-refractivity contribution in [1.82, 2.24) is 4.98 Å². The number of amides is 1. The number of nitrogens with zero attached hydrogens (tertiary/aromatic N) is 2. The second-order valence-corrected chi connectivity index (χ2v) is 2.98. The normalized spacial score (nSPS) is 14.9. The van der Waals surface area contributed by atoms with E-state index in [2.05, 4.69) is 4.98 Å². The highest BCUT2D eigenvalue weighted by Gasteiger charge is 2.25. The maximum absolute atomic E-state index is 11.4. The number of nitrogens with two attached hydrogens (primary N) is 1. The fraction of sp³-hybridized carbons (Fsp3) is 0.333. The highest BCUT2D eigenvalue weighted by molar-refractivity contribution is 5.96. The molecule has 0 bridgehead atoms. The van der Waals surface area contributed by atoms with Crippen LogP contribution >= 0.6 is 0 Å². The van der Waals surface area contributed by atoms with Crippen molar-refractivity contribution in [2.24, 2.45) is 0 Å². The Morgan fingerprint density at radius 1 is 1.64 bits per heavy atom. The number of hydrogen-bond donors (Lipinski definition) is 1. The first-order valence-electron chi connectivity index (χ1n) is 4.42. The van der Waals surface area contributed by atoms with E-state index in [9.17, 15) is 4.79 Å². The van der Waals surface area contributed by atoms with Gasteiger partial charge in [-0.15, -0.1) is 0 Å². The van der Waals surface area contributed by atoms with Crippen LogP contribution in [-0.4, -0.2) is 24.0 Å². The fourth-order valence-electron chi connectivity index (χ4n) is 1.42. The van der Waals surface area contributed by atoms with Gasteiger partial charge in [0.25, 0.3) is 5.91 Å². The smallest absolute Gasteiger partial charge is 0.266 e. The van der Waals surface area contributed by atoms with E-state index in [1.54, 1.807) is 17.0 Å². The zero-order valence-electron chi connectivity index (χ0n) is 7.86. The molecule has 1 amide bonds. The van der Waals surface area contributed by atoms with Crippen LogP contribution in [0.1, 0.15) is 6.92 Å². The van der Waals surface area contributed by atoms with Gasteiger partial charge in [-0.1, -0.05) is 0 Å². The molecule has 1 aliphatic heterocycles. The van der Waals surface area contributed by atoms with Crippen LogP contribution in [-0.2, 0) is 4.79 Å². The summed E-state index contributed by atoms with van der Waals surface area (Å²) in [6, 6.07) is 3.38. The lowest BCUT2D eigenvalue weighted by Gasteiger charge is -2.26. The highest BCUT2D eigenvalue weighted by atomic mass is 16.5. The third kappa shape index (κ3) is 1.26. The van der Waals surface area contributed by atoms with E-state index < -0.39 is 0 Å². The molecule has 0 fully saturated rings. The van der Waals surface area contributed by atoms with Crippen molar-refractivity contribution in [3.8, 4) is 5.75 Å². The second kappa shape index (κ2) is 3.17. The lowest BCUT2D eigenvalue weighted by molar-refractivity contribution is -0.121. The Morgan fingerprint density at radius 3 is 3.14 bits per heavy atom. The predicted octanol–water partition coefficient (Wildman–Crippen LogP) is 0.409. The Bertz CT molecular complexity index is 378. The molecular formula is C9H11N3O2. The molecular weight excluding hydrogens is 182 g/mol. The molecule has 1 aliphatic rings. The maximum Gasteiger partial charge on any atom is 0.266 e. The molecule has 0 aromatic carbocycles. The molecule has 0 saturated carbocycles. The van der Waals surface area contributed by atoms with Gasteiger partial charge in [-0.25, -0.2) is 4.98 Å². The van der Waals surface area contributed by atoms with Gasteiger partial charge in [0.05, 0.1) is 0 Å². The number of carbonyl (C=O) groups is 1. The zero-order valence-corrected chi connectivity index (χ0v) is 7.86. The van der Waals surface area contributed by atoms with Crippen LogP contribution in [0.5, 0.6) is 5.75 Å². The number of fused-ring (bicyclic) bond motifs is 1. The fourth-order valence-corrected chi connectivity index (χ4v) is 1.42. The van der Waals surface area contributed by atoms with Crippen LogP contribution in [0.3, 0.4) is 0 Å². The van der Waals surface area contributed by atoms with Gasteiger partial charge >= 0.3 is 0 Å². The molecule has 2 N–H and O–H groups in total. The first-order chi connectivity index (χ1) is 6.72. The molecule has 0 unspecified atom stereocenters. The van der Waals surface area contributed by atoms with Crippen molar-refractivity contribution < 1.29 is 9.53 Å². The van der Waals surface area contributed by atoms with Gasteiger partial charge in [0.1, 0.15) is 5.82 Å². The highest BCUT2D eigenvalue weighted by Crippen LogP contribution is 2.30. The average molecular weight is 193 g/mol. The summed E-state index contributed by atoms with van der Waals surface area (Å²) in [5, 5.41) is 0. The van der Waals surface area contributed by atoms with Crippen LogP contribution in [0.2, 0.25) is 0 Å². The van der Waals surface area contributed by atoms with E-state index in [4.69, 9.17) is 10.5 Å². The van der Waals surface area contributed by atoms with Crippen molar-refractivity contribution in [2.45, 2.75) is 6.92 Å². The molecule has 5 heteroatoms. The number of carbonyl (C=O) groups excluding carboxylic acids is 1. The molecule has 2 heterocycles. The van der Waals surface area contributed by atoms with Gasteiger partial charge in [-0.3, -0.25) is 9.69 Å². The van der Waals surface area contributed by atoms with Crippen molar-refractivity contribution >= 4 is 17.5 Å². The number of likely N-dealkylation sites (N-methyl/N-ethyl adjacent to an activating group) is 1. The summed E-state index contributed by atoms with van der Waals surface area (Å²) >= 11 is 0. The molecule has 0 saturated heterocycles. The largest absolute Gasteiger partial charge is 0.480 e. The summed E-state index contributed by atoms with van der Waals surface area (Å²) in [4.78, 5) is 17.1. The summed E-state index contributed by atoms with van der Waals surface area (Å²) in [7, 11) is 0. The molecule has 0 aliphatic carbocycles. The van der Waals surface area contributed by atoms with Crippen LogP contribution in [0.15, 0.2) is 12.1 Å². The summed E-state index contributed by atoms with van der Waals surface area (Å²) in [5.41, 5.74) is 5.54. The molecule has 2 rings (SSSR count). The van der Waals surface area contributed by atoms with Crippen molar-refractivity contribution in [3.05, 3.63) is 12.1 Å². The van der Waals surface area contributed by atoms with E-state index in [0.717, 1.165) is 0 Å². The number of anilines is 2. The Balaban J connectivity index is 2.49. The minimum Gasteiger partial charge on any atom is -0.480 e. The average Bonchev–Trinajstić information content (AvgIpc) is 2.17. The zero-order chi connectivity index (χ0) is 10.1. The van der Waals surface area contributed by atoms with Crippen LogP contribution in [0.4, 0.5) is 11.6 Å². The van der Waals surface area contributed by atoms with E-state index in [1.807, 2.05) is 6.92 Å². The Labute approximate surface area is 81.5 Å². The summed E-state index contributed by atoms with van der Waals surface area (Å²) in [6.45, 7) is 2.54. The van der Waals surface area contributed by atoms with Crippen LogP contribution in [0, 0.1) is 0 Å². The van der Waals surface area contributed by atoms with Crippen molar-refractivity contribution in [3.63, 3.8) is 0 Å². The third-order valence-corrected chi connectivity index (χ3v) is 2.08. The summed E-state index contributed by atoms with van der Waals surface area (Å²) in [5.74, 6) is 1.43. The van der Waals surface area contributed by atoms with Crippen LogP contribution < -0.4 is 15.4 Å². The standard InChI is InChI=1S/C9H11N3O2/c1-2-12-8(13)5-14-6-3-4-7(10)11-9(6)12/h3-4H,2,5H2,1H3,(H2,10,11). The first-order valence-corrected chi connectivity index (χ1v) is 4.42. The van der Waals surface area contributed by atoms with Gasteiger partial charge < -0.3 is 10.5 Å². The van der Waals surface area contributed by atoms with Gasteiger partial charge in [0, 0.05) is 6.54 Å². The van der Waals surface area contributed by atoms with E-state index in [-0.39, 0.29) is 12.5 Å². The number of pyridine rings is 1. The number of aromatic nitrogens is 1. The van der Waals surface area contributed by atoms with Crippen molar-refractivity contribution in [1.29, 1.82) is 0 Å². The molecule has 1 aromatic rings. The first kappa shape index (κ1) is 8.80. The lowest BCUT2D eigenvalue weighted by Crippen LogP contribution is -2.39. The molecule has 14 heavy (non-hydrogen) atoms. The number of nitrogen functional groups attached to an aromatic ring is 1. The topological polar surface area (TPSA) is 68.5 Å². The summed E-state index contributed by atoms with van der Waals surface area (Å²) < 4.78 is 5.21. The number of hydrogen-bond acceptors (Lipinski definition) is 4. The van der Waals surface area contributed by atoms with E-state index >= 15 is 0 Å². The predicted molar refractivity (Wildman–Crippen MR) is 52.2 cm³/mol. The minimum atomic E-state index is -0.0851. The minimum absolute atomic E-state index is 0.0758. The maximum atomic E-state index is 11.4. The molecule has 0 atom stereocenters. The second-order valence-electron chi connectivity index (χ2n) is 2.98. The molecule has 5 nitrogen and oxygen atoms in total. The Morgan fingerprint density at radius 2 is 2.43 bits per heavy atom. The van der Waals surface area contributed by atoms with Gasteiger partial charge in [-0.2, -0.15) is 0 Å². The monoisotopic (exact) mass is 193 g/mol. The Kier molecular flexibility index (Phi) is 1.99. The summed E-state index contributed by atoms with van der Waals surface area (Å²) in [6.07, 6.45) is 0. The van der Waals surface area contributed by atoms with Gasteiger partial charge in [-0.05, 0) is 19.1 Å². The molecule has 74 valence electrons. The van der Waals surface area contributed by atoms with E-state index in [0.29, 0.717) is 23.9 Å². The van der Waals surface area contributed by atoms with Crippen LogP contribution in [0.25, 0.3) is 0 Å². The SMILES string of the molecule is CCN1C(=O)COc2ccc(N)nc21. The molecule has 1 aromatic heterocycles. The van der Waals surface area contributed by atoms with E-state index in [1.165, 1.54) is 0 Å². The van der Waals surface area contributed by atoms with Gasteiger partial charge in [0.2, 0.25) is 0 Å².